The highest BCUT2D eigenvalue weighted by Crippen LogP contribution is 2.23. The van der Waals surface area contributed by atoms with Crippen LogP contribution in [-0.4, -0.2) is 5.78 Å². The lowest BCUT2D eigenvalue weighted by molar-refractivity contribution is 0.0987. The van der Waals surface area contributed by atoms with Gasteiger partial charge in [-0.2, -0.15) is 0 Å². The minimum absolute atomic E-state index is 0.182. The Hall–Kier alpha value is -0.150. The van der Waals surface area contributed by atoms with E-state index in [1.807, 2.05) is 25.1 Å². The van der Waals surface area contributed by atoms with Gasteiger partial charge >= 0.3 is 0 Å². The third-order valence-corrected chi connectivity index (χ3v) is 3.11. The van der Waals surface area contributed by atoms with Crippen LogP contribution in [0.15, 0.2) is 22.7 Å². The largest absolute Gasteiger partial charge is 0.294 e. The van der Waals surface area contributed by atoms with E-state index in [-0.39, 0.29) is 5.78 Å². The molecule has 1 nitrogen and oxygen atoms in total. The summed E-state index contributed by atoms with van der Waals surface area (Å²) in [5, 5.41) is 0.716. The molecule has 0 aromatic heterocycles. The Kier molecular flexibility index (Phi) is 4.13. The van der Waals surface area contributed by atoms with Crippen LogP contribution in [0, 0.1) is 0 Å². The molecule has 0 aliphatic carbocycles. The minimum Gasteiger partial charge on any atom is -0.294 e. The zero-order valence-electron chi connectivity index (χ0n) is 7.31. The zero-order valence-corrected chi connectivity index (χ0v) is 10.5. The fraction of sp³-hybridized carbons (Fsp3) is 0.300. The number of carbonyl (C=O) groups is 1. The summed E-state index contributed by atoms with van der Waals surface area (Å²) in [6.45, 7) is 1.87. The van der Waals surface area contributed by atoms with Crippen LogP contribution < -0.4 is 0 Å². The van der Waals surface area contributed by atoms with Crippen molar-refractivity contribution < 1.29 is 4.79 Å². The van der Waals surface area contributed by atoms with Crippen LogP contribution >= 0.6 is 31.9 Å². The predicted octanol–water partition coefficient (Wildman–Crippen LogP) is 3.94. The van der Waals surface area contributed by atoms with Gasteiger partial charge in [0, 0.05) is 21.8 Å². The summed E-state index contributed by atoms with van der Waals surface area (Å²) >= 11 is 6.75. The van der Waals surface area contributed by atoms with Crippen molar-refractivity contribution in [2.75, 3.05) is 0 Å². The molecular weight excluding hydrogens is 296 g/mol. The first-order chi connectivity index (χ1) is 6.20. The van der Waals surface area contributed by atoms with E-state index >= 15 is 0 Å². The number of halogens is 2. The lowest BCUT2D eigenvalue weighted by atomic mass is 10.0. The molecule has 70 valence electrons. The molecule has 0 aliphatic rings. The molecule has 1 aromatic rings. The van der Waals surface area contributed by atoms with E-state index in [0.717, 1.165) is 15.6 Å². The van der Waals surface area contributed by atoms with Gasteiger partial charge in [0.05, 0.1) is 0 Å². The smallest absolute Gasteiger partial charge is 0.164 e. The summed E-state index contributed by atoms with van der Waals surface area (Å²) < 4.78 is 0.885. The molecule has 13 heavy (non-hydrogen) atoms. The Morgan fingerprint density at radius 1 is 1.46 bits per heavy atom. The fourth-order valence-electron chi connectivity index (χ4n) is 1.17. The fourth-order valence-corrected chi connectivity index (χ4v) is 2.26. The molecule has 0 fully saturated rings. The Morgan fingerprint density at radius 3 is 2.69 bits per heavy atom. The quantitative estimate of drug-likeness (QED) is 0.611. The summed E-state index contributed by atoms with van der Waals surface area (Å²) in [5.74, 6) is 0.182. The van der Waals surface area contributed by atoms with Crippen molar-refractivity contribution >= 4 is 37.6 Å². The molecule has 0 N–H and O–H groups in total. The van der Waals surface area contributed by atoms with Gasteiger partial charge in [-0.05, 0) is 11.6 Å². The normalized spacial score (nSPS) is 10.1. The second-order valence-electron chi connectivity index (χ2n) is 2.68. The molecule has 0 radical (unpaired) electrons. The van der Waals surface area contributed by atoms with Gasteiger partial charge in [0.2, 0.25) is 0 Å². The first-order valence-electron chi connectivity index (χ1n) is 4.07. The van der Waals surface area contributed by atoms with E-state index in [2.05, 4.69) is 31.9 Å². The van der Waals surface area contributed by atoms with E-state index < -0.39 is 0 Å². The third kappa shape index (κ3) is 2.41. The van der Waals surface area contributed by atoms with E-state index in [4.69, 9.17) is 0 Å². The zero-order chi connectivity index (χ0) is 9.84. The van der Waals surface area contributed by atoms with Crippen molar-refractivity contribution in [3.05, 3.63) is 33.8 Å². The molecule has 0 bridgehead atoms. The van der Waals surface area contributed by atoms with Gasteiger partial charge in [0.15, 0.2) is 5.78 Å². The van der Waals surface area contributed by atoms with E-state index in [9.17, 15) is 4.79 Å². The Morgan fingerprint density at radius 2 is 2.15 bits per heavy atom. The summed E-state index contributed by atoms with van der Waals surface area (Å²) in [5.41, 5.74) is 1.85. The third-order valence-electron chi connectivity index (χ3n) is 1.84. The molecule has 0 unspecified atom stereocenters. The van der Waals surface area contributed by atoms with Gasteiger partial charge in [-0.25, -0.2) is 0 Å². The maximum atomic E-state index is 11.6. The van der Waals surface area contributed by atoms with Gasteiger partial charge in [-0.3, -0.25) is 4.79 Å². The van der Waals surface area contributed by atoms with Gasteiger partial charge < -0.3 is 0 Å². The lowest BCUT2D eigenvalue weighted by Crippen LogP contribution is -2.02. The summed E-state index contributed by atoms with van der Waals surface area (Å²) in [6.07, 6.45) is 0.544. The minimum atomic E-state index is 0.182. The average molecular weight is 306 g/mol. The van der Waals surface area contributed by atoms with Crippen LogP contribution in [0.5, 0.6) is 0 Å². The van der Waals surface area contributed by atoms with E-state index in [0.29, 0.717) is 11.8 Å². The molecular formula is C10H10Br2O. The molecule has 1 rings (SSSR count). The molecule has 3 heteroatoms. The maximum Gasteiger partial charge on any atom is 0.164 e. The average Bonchev–Trinajstić information content (AvgIpc) is 2.16. The highest BCUT2D eigenvalue weighted by molar-refractivity contribution is 9.10. The molecule has 0 atom stereocenters. The Labute approximate surface area is 94.8 Å². The summed E-state index contributed by atoms with van der Waals surface area (Å²) in [7, 11) is 0. The molecule has 0 spiro atoms. The summed E-state index contributed by atoms with van der Waals surface area (Å²) in [6, 6.07) is 5.80. The van der Waals surface area contributed by atoms with Gasteiger partial charge in [-0.15, -0.1) is 0 Å². The number of alkyl halides is 1. The van der Waals surface area contributed by atoms with E-state index in [1.54, 1.807) is 0 Å². The van der Waals surface area contributed by atoms with Crippen molar-refractivity contribution in [2.24, 2.45) is 0 Å². The highest BCUT2D eigenvalue weighted by atomic mass is 79.9. The number of rotatable bonds is 3. The predicted molar refractivity (Wildman–Crippen MR) is 61.4 cm³/mol. The molecule has 1 aromatic carbocycles. The van der Waals surface area contributed by atoms with Crippen molar-refractivity contribution in [1.82, 2.24) is 0 Å². The Balaban J connectivity index is 3.22. The number of ketones is 1. The van der Waals surface area contributed by atoms with Crippen molar-refractivity contribution in [3.8, 4) is 0 Å². The molecule has 0 saturated carbocycles. The van der Waals surface area contributed by atoms with Gasteiger partial charge in [-0.1, -0.05) is 50.9 Å². The molecule has 0 saturated heterocycles. The number of benzene rings is 1. The summed E-state index contributed by atoms with van der Waals surface area (Å²) in [4.78, 5) is 11.6. The standard InChI is InChI=1S/C10H10Br2O/c1-2-9(13)10-7(6-11)4-3-5-8(10)12/h3-5H,2,6H2,1H3. The van der Waals surface area contributed by atoms with Crippen LogP contribution in [0.2, 0.25) is 0 Å². The Bertz CT molecular complexity index is 321. The van der Waals surface area contributed by atoms with Crippen LogP contribution in [-0.2, 0) is 5.33 Å². The first kappa shape index (κ1) is 10.9. The molecule has 0 heterocycles. The molecule has 0 aliphatic heterocycles. The first-order valence-corrected chi connectivity index (χ1v) is 5.98. The number of hydrogen-bond acceptors (Lipinski definition) is 1. The second kappa shape index (κ2) is 4.91. The van der Waals surface area contributed by atoms with Crippen LogP contribution in [0.3, 0.4) is 0 Å². The van der Waals surface area contributed by atoms with Crippen LogP contribution in [0.25, 0.3) is 0 Å². The maximum absolute atomic E-state index is 11.6. The molecule has 0 amide bonds. The SMILES string of the molecule is CCC(=O)c1c(Br)cccc1CBr. The van der Waals surface area contributed by atoms with Crippen LogP contribution in [0.1, 0.15) is 29.3 Å². The highest BCUT2D eigenvalue weighted by Gasteiger charge is 2.11. The number of carbonyl (C=O) groups excluding carboxylic acids is 1. The van der Waals surface area contributed by atoms with Gasteiger partial charge in [0.1, 0.15) is 0 Å². The van der Waals surface area contributed by atoms with Crippen LogP contribution in [0.4, 0.5) is 0 Å². The monoisotopic (exact) mass is 304 g/mol. The van der Waals surface area contributed by atoms with E-state index in [1.165, 1.54) is 0 Å². The number of hydrogen-bond donors (Lipinski definition) is 0. The lowest BCUT2D eigenvalue weighted by Gasteiger charge is -2.06. The number of Topliss-reactive ketones (excluding diaryl/α,β-unsaturated/α-hetero) is 1. The van der Waals surface area contributed by atoms with Gasteiger partial charge in [0.25, 0.3) is 0 Å². The van der Waals surface area contributed by atoms with Crippen molar-refractivity contribution in [2.45, 2.75) is 18.7 Å². The topological polar surface area (TPSA) is 17.1 Å². The van der Waals surface area contributed by atoms with Crippen molar-refractivity contribution in [3.63, 3.8) is 0 Å². The van der Waals surface area contributed by atoms with Crippen molar-refractivity contribution in [1.29, 1.82) is 0 Å². The second-order valence-corrected chi connectivity index (χ2v) is 4.10.